The van der Waals surface area contributed by atoms with E-state index < -0.39 is 0 Å². The molecule has 0 amide bonds. The highest BCUT2D eigenvalue weighted by atomic mass is 35.5. The fraction of sp³-hybridized carbons (Fsp3) is 0.600. The van der Waals surface area contributed by atoms with Gasteiger partial charge in [-0.25, -0.2) is 0 Å². The zero-order chi connectivity index (χ0) is 13.7. The lowest BCUT2D eigenvalue weighted by atomic mass is 10.1. The summed E-state index contributed by atoms with van der Waals surface area (Å²) in [5.74, 6) is 0. The summed E-state index contributed by atoms with van der Waals surface area (Å²) in [6, 6.07) is 6.19. The Morgan fingerprint density at radius 2 is 1.95 bits per heavy atom. The van der Waals surface area contributed by atoms with Crippen LogP contribution in [0.5, 0.6) is 0 Å². The Balaban J connectivity index is 1.77. The molecule has 1 saturated heterocycles. The van der Waals surface area contributed by atoms with Gasteiger partial charge in [-0.15, -0.1) is 0 Å². The maximum absolute atomic E-state index is 6.15. The number of hydrogen-bond donors (Lipinski definition) is 1. The molecule has 0 aliphatic carbocycles. The Kier molecular flexibility index (Phi) is 5.96. The molecule has 1 aromatic rings. The van der Waals surface area contributed by atoms with E-state index in [1.54, 1.807) is 0 Å². The number of rotatable bonds is 5. The van der Waals surface area contributed by atoms with E-state index in [9.17, 15) is 0 Å². The third-order valence-corrected chi connectivity index (χ3v) is 4.38. The van der Waals surface area contributed by atoms with Gasteiger partial charge in [0.15, 0.2) is 0 Å². The topological polar surface area (TPSA) is 15.3 Å². The molecule has 0 bridgehead atoms. The van der Waals surface area contributed by atoms with E-state index in [0.717, 1.165) is 28.7 Å². The van der Waals surface area contributed by atoms with Gasteiger partial charge in [0.2, 0.25) is 0 Å². The van der Waals surface area contributed by atoms with Crippen molar-refractivity contribution in [1.82, 2.24) is 10.2 Å². The van der Waals surface area contributed by atoms with Gasteiger partial charge < -0.3 is 5.32 Å². The minimum Gasteiger partial charge on any atom is -0.311 e. The first-order valence-corrected chi connectivity index (χ1v) is 7.81. The number of nitrogens with one attached hydrogen (secondary N) is 1. The molecule has 1 aromatic carbocycles. The molecular formula is C15H22Cl2N2. The van der Waals surface area contributed by atoms with Crippen LogP contribution in [0, 0.1) is 0 Å². The Morgan fingerprint density at radius 1 is 1.21 bits per heavy atom. The van der Waals surface area contributed by atoms with Crippen LogP contribution in [0.2, 0.25) is 10.0 Å². The second-order valence-electron chi connectivity index (χ2n) is 5.31. The van der Waals surface area contributed by atoms with E-state index in [1.165, 1.54) is 32.4 Å². The molecule has 1 atom stereocenters. The molecule has 2 rings (SSSR count). The van der Waals surface area contributed by atoms with Gasteiger partial charge in [0, 0.05) is 29.2 Å². The van der Waals surface area contributed by atoms with Crippen molar-refractivity contribution < 1.29 is 0 Å². The van der Waals surface area contributed by atoms with Gasteiger partial charge in [0.25, 0.3) is 0 Å². The first kappa shape index (κ1) is 15.1. The highest BCUT2D eigenvalue weighted by Gasteiger charge is 2.16. The highest BCUT2D eigenvalue weighted by molar-refractivity contribution is 6.33. The summed E-state index contributed by atoms with van der Waals surface area (Å²) in [5, 5.41) is 5.00. The molecule has 19 heavy (non-hydrogen) atoms. The minimum atomic E-state index is 0.582. The summed E-state index contributed by atoms with van der Waals surface area (Å²) in [7, 11) is 0. The summed E-state index contributed by atoms with van der Waals surface area (Å²) >= 11 is 12.1. The van der Waals surface area contributed by atoms with Gasteiger partial charge in [0.05, 0.1) is 0 Å². The monoisotopic (exact) mass is 300 g/mol. The molecule has 1 aliphatic heterocycles. The Bertz CT molecular complexity index is 403. The van der Waals surface area contributed by atoms with E-state index >= 15 is 0 Å². The molecule has 1 fully saturated rings. The van der Waals surface area contributed by atoms with Crippen molar-refractivity contribution in [3.05, 3.63) is 33.8 Å². The Hall–Kier alpha value is -0.280. The van der Waals surface area contributed by atoms with Crippen LogP contribution in [0.1, 0.15) is 31.7 Å². The molecule has 1 unspecified atom stereocenters. The Labute approximate surface area is 126 Å². The summed E-state index contributed by atoms with van der Waals surface area (Å²) in [5.41, 5.74) is 1.07. The molecular weight excluding hydrogens is 279 g/mol. The van der Waals surface area contributed by atoms with Crippen LogP contribution >= 0.6 is 23.2 Å². The van der Waals surface area contributed by atoms with Crippen molar-refractivity contribution in [2.45, 2.75) is 38.8 Å². The molecule has 106 valence electrons. The van der Waals surface area contributed by atoms with E-state index in [1.807, 2.05) is 18.2 Å². The molecule has 0 radical (unpaired) electrons. The summed E-state index contributed by atoms with van der Waals surface area (Å²) in [6.45, 7) is 6.53. The predicted molar refractivity (Wildman–Crippen MR) is 83.1 cm³/mol. The fourth-order valence-corrected chi connectivity index (χ4v) is 2.96. The average molecular weight is 301 g/mol. The molecule has 2 nitrogen and oxygen atoms in total. The second kappa shape index (κ2) is 7.49. The van der Waals surface area contributed by atoms with Gasteiger partial charge in [0.1, 0.15) is 0 Å². The zero-order valence-electron chi connectivity index (χ0n) is 11.5. The van der Waals surface area contributed by atoms with Crippen LogP contribution in [0.25, 0.3) is 0 Å². The van der Waals surface area contributed by atoms with Crippen LogP contribution in [0.15, 0.2) is 18.2 Å². The molecule has 0 spiro atoms. The summed E-state index contributed by atoms with van der Waals surface area (Å²) in [4.78, 5) is 2.57. The average Bonchev–Trinajstić information content (AvgIpc) is 2.43. The summed E-state index contributed by atoms with van der Waals surface area (Å²) in [6.07, 6.45) is 4.06. The normalized spacial score (nSPS) is 18.5. The Morgan fingerprint density at radius 3 is 2.68 bits per heavy atom. The number of nitrogens with zero attached hydrogens (tertiary/aromatic N) is 1. The number of piperidine rings is 1. The van der Waals surface area contributed by atoms with E-state index in [4.69, 9.17) is 23.2 Å². The van der Waals surface area contributed by atoms with Crippen LogP contribution in [0.3, 0.4) is 0 Å². The quantitative estimate of drug-likeness (QED) is 0.885. The lowest BCUT2D eigenvalue weighted by Gasteiger charge is -2.32. The minimum absolute atomic E-state index is 0.582. The maximum Gasteiger partial charge on any atom is 0.0451 e. The lowest BCUT2D eigenvalue weighted by Crippen LogP contribution is -2.42. The van der Waals surface area contributed by atoms with Crippen molar-refractivity contribution in [2.24, 2.45) is 0 Å². The first-order chi connectivity index (χ1) is 9.16. The number of likely N-dealkylation sites (tertiary alicyclic amines) is 1. The van der Waals surface area contributed by atoms with Crippen molar-refractivity contribution >= 4 is 23.2 Å². The molecule has 1 N–H and O–H groups in total. The molecule has 4 heteroatoms. The van der Waals surface area contributed by atoms with Gasteiger partial charge in [-0.05, 0) is 56.6 Å². The van der Waals surface area contributed by atoms with Crippen LogP contribution in [0.4, 0.5) is 0 Å². The van der Waals surface area contributed by atoms with Crippen molar-refractivity contribution in [3.8, 4) is 0 Å². The third kappa shape index (κ3) is 4.64. The van der Waals surface area contributed by atoms with Gasteiger partial charge >= 0.3 is 0 Å². The highest BCUT2D eigenvalue weighted by Crippen LogP contribution is 2.20. The number of benzene rings is 1. The first-order valence-electron chi connectivity index (χ1n) is 7.05. The number of halogens is 2. The maximum atomic E-state index is 6.15. The van der Waals surface area contributed by atoms with Crippen molar-refractivity contribution in [3.63, 3.8) is 0 Å². The van der Waals surface area contributed by atoms with Crippen LogP contribution in [-0.2, 0) is 6.54 Å². The SMILES string of the molecule is CC(CNCc1cc(Cl)ccc1Cl)N1CCCCC1. The fourth-order valence-electron chi connectivity index (χ4n) is 2.58. The van der Waals surface area contributed by atoms with Gasteiger partial charge in [-0.3, -0.25) is 4.90 Å². The smallest absolute Gasteiger partial charge is 0.0451 e. The van der Waals surface area contributed by atoms with Gasteiger partial charge in [-0.1, -0.05) is 29.6 Å². The number of hydrogen-bond acceptors (Lipinski definition) is 2. The summed E-state index contributed by atoms with van der Waals surface area (Å²) < 4.78 is 0. The second-order valence-corrected chi connectivity index (χ2v) is 6.16. The largest absolute Gasteiger partial charge is 0.311 e. The van der Waals surface area contributed by atoms with E-state index in [-0.39, 0.29) is 0 Å². The van der Waals surface area contributed by atoms with E-state index in [0.29, 0.717) is 6.04 Å². The molecule has 0 aromatic heterocycles. The molecule has 1 aliphatic rings. The third-order valence-electron chi connectivity index (χ3n) is 3.78. The van der Waals surface area contributed by atoms with E-state index in [2.05, 4.69) is 17.1 Å². The standard InChI is InChI=1S/C15H22Cl2N2/c1-12(19-7-3-2-4-8-19)10-18-11-13-9-14(16)5-6-15(13)17/h5-6,9,12,18H,2-4,7-8,10-11H2,1H3. The molecule has 1 heterocycles. The molecule has 0 saturated carbocycles. The zero-order valence-corrected chi connectivity index (χ0v) is 13.0. The van der Waals surface area contributed by atoms with Crippen LogP contribution in [-0.4, -0.2) is 30.6 Å². The van der Waals surface area contributed by atoms with Crippen LogP contribution < -0.4 is 5.32 Å². The predicted octanol–water partition coefficient (Wildman–Crippen LogP) is 3.96. The van der Waals surface area contributed by atoms with Gasteiger partial charge in [-0.2, -0.15) is 0 Å². The van der Waals surface area contributed by atoms with Crippen molar-refractivity contribution in [1.29, 1.82) is 0 Å². The lowest BCUT2D eigenvalue weighted by molar-refractivity contribution is 0.170. The van der Waals surface area contributed by atoms with Crippen molar-refractivity contribution in [2.75, 3.05) is 19.6 Å².